The minimum absolute atomic E-state index is 0.101. The second-order valence-corrected chi connectivity index (χ2v) is 8.86. The van der Waals surface area contributed by atoms with E-state index in [1.54, 1.807) is 13.0 Å². The van der Waals surface area contributed by atoms with Gasteiger partial charge in [-0.1, -0.05) is 19.1 Å². The van der Waals surface area contributed by atoms with Gasteiger partial charge in [-0.2, -0.15) is 0 Å². The van der Waals surface area contributed by atoms with Crippen LogP contribution in [0.1, 0.15) is 23.8 Å². The van der Waals surface area contributed by atoms with Crippen LogP contribution in [0.4, 0.5) is 0 Å². The molecule has 0 spiro atoms. The van der Waals surface area contributed by atoms with Gasteiger partial charge < -0.3 is 14.3 Å². The van der Waals surface area contributed by atoms with Gasteiger partial charge in [0.05, 0.1) is 39.9 Å². The number of aryl methyl sites for hydroxylation is 2. The Labute approximate surface area is 183 Å². The Morgan fingerprint density at radius 1 is 1.23 bits per heavy atom. The van der Waals surface area contributed by atoms with Crippen LogP contribution in [0, 0.1) is 6.92 Å². The van der Waals surface area contributed by atoms with E-state index in [1.807, 2.05) is 31.2 Å². The summed E-state index contributed by atoms with van der Waals surface area (Å²) in [7, 11) is 0. The first-order chi connectivity index (χ1) is 15.1. The number of thiazole rings is 1. The summed E-state index contributed by atoms with van der Waals surface area (Å²) in [5.74, 6) is 0.736. The van der Waals surface area contributed by atoms with Crippen molar-refractivity contribution >= 4 is 32.5 Å². The second-order valence-electron chi connectivity index (χ2n) is 7.83. The molecule has 2 aromatic heterocycles. The average Bonchev–Trinajstić information content (AvgIpc) is 3.20. The highest BCUT2D eigenvalue weighted by molar-refractivity contribution is 7.21. The zero-order valence-electron chi connectivity index (χ0n) is 17.6. The van der Waals surface area contributed by atoms with E-state index >= 15 is 0 Å². The van der Waals surface area contributed by atoms with Gasteiger partial charge in [0.2, 0.25) is 5.43 Å². The van der Waals surface area contributed by atoms with Crippen molar-refractivity contribution in [3.63, 3.8) is 0 Å². The molecule has 0 amide bonds. The van der Waals surface area contributed by atoms with Gasteiger partial charge in [-0.3, -0.25) is 9.69 Å². The quantitative estimate of drug-likeness (QED) is 0.508. The van der Waals surface area contributed by atoms with E-state index in [0.717, 1.165) is 28.9 Å². The number of para-hydroxylation sites is 1. The van der Waals surface area contributed by atoms with Crippen molar-refractivity contribution < 1.29 is 14.3 Å². The van der Waals surface area contributed by atoms with Gasteiger partial charge in [-0.15, -0.1) is 11.3 Å². The van der Waals surface area contributed by atoms with Crippen LogP contribution in [0.5, 0.6) is 5.75 Å². The summed E-state index contributed by atoms with van der Waals surface area (Å²) >= 11 is 1.49. The van der Waals surface area contributed by atoms with Crippen LogP contribution in [0.2, 0.25) is 0 Å². The fourth-order valence-electron chi connectivity index (χ4n) is 4.18. The van der Waals surface area contributed by atoms with Crippen molar-refractivity contribution in [2.75, 3.05) is 26.3 Å². The molecular weight excluding hydrogens is 412 g/mol. The fraction of sp³-hybridized carbons (Fsp3) is 0.333. The van der Waals surface area contributed by atoms with Crippen LogP contribution in [-0.4, -0.2) is 41.3 Å². The van der Waals surface area contributed by atoms with Crippen LogP contribution in [0.15, 0.2) is 39.5 Å². The van der Waals surface area contributed by atoms with Crippen LogP contribution in [-0.2, 0) is 17.7 Å². The van der Waals surface area contributed by atoms with E-state index in [9.17, 15) is 9.90 Å². The molecule has 6 nitrogen and oxygen atoms in total. The molecule has 1 saturated heterocycles. The molecular formula is C24H24N2O4S. The Bertz CT molecular complexity index is 1300. The first kappa shape index (κ1) is 20.2. The molecule has 31 heavy (non-hydrogen) atoms. The molecule has 1 aliphatic heterocycles. The zero-order valence-corrected chi connectivity index (χ0v) is 18.4. The van der Waals surface area contributed by atoms with E-state index in [4.69, 9.17) is 9.15 Å². The molecule has 5 rings (SSSR count). The third-order valence-corrected chi connectivity index (χ3v) is 6.93. The molecule has 0 unspecified atom stereocenters. The minimum Gasteiger partial charge on any atom is -0.507 e. The summed E-state index contributed by atoms with van der Waals surface area (Å²) in [4.78, 5) is 20.5. The van der Waals surface area contributed by atoms with E-state index in [0.29, 0.717) is 59.0 Å². The maximum atomic E-state index is 13.6. The molecule has 4 aromatic rings. The standard InChI is InChI=1S/C24H24N2O4S/c1-3-15-12-16-22(28)20(24-25-18-6-4-5-7-19(18)31-24)14(2)30-23(16)17(21(15)27)13-26-8-10-29-11-9-26/h4-7,12,27H,3,8-11,13H2,1-2H3. The summed E-state index contributed by atoms with van der Waals surface area (Å²) in [6.07, 6.45) is 0.627. The lowest BCUT2D eigenvalue weighted by Crippen LogP contribution is -2.35. The van der Waals surface area contributed by atoms with Gasteiger partial charge >= 0.3 is 0 Å². The Hall–Kier alpha value is -2.74. The SMILES string of the molecule is CCc1cc2c(=O)c(-c3nc4ccccc4s3)c(C)oc2c(CN2CCOCC2)c1O. The second kappa shape index (κ2) is 8.07. The molecule has 2 aromatic carbocycles. The normalized spacial score (nSPS) is 15.2. The van der Waals surface area contributed by atoms with Gasteiger partial charge in [0.1, 0.15) is 22.1 Å². The number of hydrogen-bond donors (Lipinski definition) is 1. The number of nitrogens with zero attached hydrogens (tertiary/aromatic N) is 2. The van der Waals surface area contributed by atoms with Gasteiger partial charge in [0.25, 0.3) is 0 Å². The Kier molecular flexibility index (Phi) is 5.25. The van der Waals surface area contributed by atoms with E-state index < -0.39 is 0 Å². The summed E-state index contributed by atoms with van der Waals surface area (Å²) < 4.78 is 12.7. The van der Waals surface area contributed by atoms with Gasteiger partial charge in [0, 0.05) is 19.6 Å². The van der Waals surface area contributed by atoms with Gasteiger partial charge in [0.15, 0.2) is 0 Å². The Balaban J connectivity index is 1.72. The number of phenols is 1. The van der Waals surface area contributed by atoms with Crippen molar-refractivity contribution in [3.8, 4) is 16.3 Å². The van der Waals surface area contributed by atoms with Crippen molar-refractivity contribution in [1.29, 1.82) is 0 Å². The smallest absolute Gasteiger partial charge is 0.203 e. The maximum Gasteiger partial charge on any atom is 0.203 e. The van der Waals surface area contributed by atoms with Gasteiger partial charge in [-0.05, 0) is 37.1 Å². The third kappa shape index (κ3) is 3.52. The third-order valence-electron chi connectivity index (χ3n) is 5.88. The highest BCUT2D eigenvalue weighted by Crippen LogP contribution is 2.36. The maximum absolute atomic E-state index is 13.6. The Morgan fingerprint density at radius 2 is 2.00 bits per heavy atom. The number of aromatic hydroxyl groups is 1. The molecule has 1 N–H and O–H groups in total. The van der Waals surface area contributed by atoms with Crippen molar-refractivity contribution in [3.05, 3.63) is 57.4 Å². The molecule has 7 heteroatoms. The number of aromatic nitrogens is 1. The van der Waals surface area contributed by atoms with Crippen molar-refractivity contribution in [2.45, 2.75) is 26.8 Å². The Morgan fingerprint density at radius 3 is 2.74 bits per heavy atom. The predicted molar refractivity (Wildman–Crippen MR) is 123 cm³/mol. The molecule has 1 fully saturated rings. The average molecular weight is 437 g/mol. The monoisotopic (exact) mass is 436 g/mol. The van der Waals surface area contributed by atoms with E-state index in [2.05, 4.69) is 9.88 Å². The first-order valence-electron chi connectivity index (χ1n) is 10.5. The molecule has 3 heterocycles. The van der Waals surface area contributed by atoms with Crippen LogP contribution >= 0.6 is 11.3 Å². The molecule has 0 bridgehead atoms. The lowest BCUT2D eigenvalue weighted by Gasteiger charge is -2.27. The summed E-state index contributed by atoms with van der Waals surface area (Å²) in [6, 6.07) is 9.63. The highest BCUT2D eigenvalue weighted by Gasteiger charge is 2.24. The summed E-state index contributed by atoms with van der Waals surface area (Å²) in [5.41, 5.74) is 3.16. The zero-order chi connectivity index (χ0) is 21.5. The molecule has 0 atom stereocenters. The first-order valence-corrected chi connectivity index (χ1v) is 11.4. The number of morpholine rings is 1. The molecule has 160 valence electrons. The van der Waals surface area contributed by atoms with Crippen molar-refractivity contribution in [2.24, 2.45) is 0 Å². The fourth-order valence-corrected chi connectivity index (χ4v) is 5.24. The van der Waals surface area contributed by atoms with E-state index in [1.165, 1.54) is 11.3 Å². The largest absolute Gasteiger partial charge is 0.507 e. The molecule has 0 saturated carbocycles. The molecule has 0 radical (unpaired) electrons. The van der Waals surface area contributed by atoms with Crippen LogP contribution in [0.25, 0.3) is 31.8 Å². The predicted octanol–water partition coefficient (Wildman–Crippen LogP) is 4.48. The summed E-state index contributed by atoms with van der Waals surface area (Å²) in [6.45, 7) is 7.18. The van der Waals surface area contributed by atoms with E-state index in [-0.39, 0.29) is 11.2 Å². The highest BCUT2D eigenvalue weighted by atomic mass is 32.1. The topological polar surface area (TPSA) is 75.8 Å². The van der Waals surface area contributed by atoms with Crippen LogP contribution < -0.4 is 5.43 Å². The molecule has 0 aliphatic carbocycles. The number of phenolic OH excluding ortho intramolecular Hbond substituents is 1. The molecule has 1 aliphatic rings. The van der Waals surface area contributed by atoms with Crippen LogP contribution in [0.3, 0.4) is 0 Å². The minimum atomic E-state index is -0.101. The number of rotatable bonds is 4. The van der Waals surface area contributed by atoms with Gasteiger partial charge in [-0.25, -0.2) is 4.98 Å². The summed E-state index contributed by atoms with van der Waals surface area (Å²) in [5, 5.41) is 12.1. The number of benzene rings is 2. The lowest BCUT2D eigenvalue weighted by atomic mass is 10.00. The number of hydrogen-bond acceptors (Lipinski definition) is 7. The lowest BCUT2D eigenvalue weighted by molar-refractivity contribution is 0.0339. The number of fused-ring (bicyclic) bond motifs is 2. The van der Waals surface area contributed by atoms with Crippen molar-refractivity contribution in [1.82, 2.24) is 9.88 Å². The number of ether oxygens (including phenoxy) is 1.